The third-order valence-corrected chi connectivity index (χ3v) is 3.56. The van der Waals surface area contributed by atoms with Crippen LogP contribution in [0, 0.1) is 0 Å². The maximum atomic E-state index is 6.07. The molecule has 112 valence electrons. The fraction of sp³-hybridized carbons (Fsp3) is 0.250. The van der Waals surface area contributed by atoms with Crippen molar-refractivity contribution in [1.29, 1.82) is 0 Å². The lowest BCUT2D eigenvalue weighted by atomic mass is 10.3. The van der Waals surface area contributed by atoms with E-state index in [0.717, 1.165) is 22.4 Å². The van der Waals surface area contributed by atoms with Gasteiger partial charge in [-0.25, -0.2) is 0 Å². The Balaban J connectivity index is 1.69. The first-order valence-electron chi connectivity index (χ1n) is 6.54. The SMILES string of the molecule is COc1ccc(OCCCOc2ccc(Br)cc2Cl)cc1. The van der Waals surface area contributed by atoms with E-state index in [2.05, 4.69) is 15.9 Å². The van der Waals surface area contributed by atoms with Gasteiger partial charge in [-0.2, -0.15) is 0 Å². The van der Waals surface area contributed by atoms with Crippen LogP contribution in [-0.4, -0.2) is 20.3 Å². The van der Waals surface area contributed by atoms with Gasteiger partial charge in [0.1, 0.15) is 17.2 Å². The fourth-order valence-corrected chi connectivity index (χ4v) is 2.42. The maximum absolute atomic E-state index is 6.07. The van der Waals surface area contributed by atoms with E-state index in [1.165, 1.54) is 0 Å². The maximum Gasteiger partial charge on any atom is 0.137 e. The third kappa shape index (κ3) is 5.14. The normalized spacial score (nSPS) is 10.2. The Morgan fingerprint density at radius 2 is 1.62 bits per heavy atom. The fourth-order valence-electron chi connectivity index (χ4n) is 1.70. The van der Waals surface area contributed by atoms with Gasteiger partial charge in [0.2, 0.25) is 0 Å². The van der Waals surface area contributed by atoms with Crippen LogP contribution in [0.15, 0.2) is 46.9 Å². The van der Waals surface area contributed by atoms with Gasteiger partial charge in [0.05, 0.1) is 25.3 Å². The molecule has 0 bridgehead atoms. The summed E-state index contributed by atoms with van der Waals surface area (Å²) in [5.41, 5.74) is 0. The lowest BCUT2D eigenvalue weighted by molar-refractivity contribution is 0.247. The monoisotopic (exact) mass is 370 g/mol. The molecule has 5 heteroatoms. The number of hydrogen-bond donors (Lipinski definition) is 0. The Morgan fingerprint density at radius 3 is 2.29 bits per heavy atom. The molecule has 0 fully saturated rings. The molecule has 0 spiro atoms. The van der Waals surface area contributed by atoms with E-state index >= 15 is 0 Å². The summed E-state index contributed by atoms with van der Waals surface area (Å²) in [4.78, 5) is 0. The second-order valence-electron chi connectivity index (χ2n) is 4.30. The first kappa shape index (κ1) is 16.0. The average Bonchev–Trinajstić information content (AvgIpc) is 2.49. The number of hydrogen-bond acceptors (Lipinski definition) is 3. The van der Waals surface area contributed by atoms with Crippen LogP contribution in [0.2, 0.25) is 5.02 Å². The molecule has 0 saturated carbocycles. The largest absolute Gasteiger partial charge is 0.497 e. The van der Waals surface area contributed by atoms with Crippen LogP contribution in [-0.2, 0) is 0 Å². The van der Waals surface area contributed by atoms with Crippen LogP contribution < -0.4 is 14.2 Å². The molecule has 0 amide bonds. The smallest absolute Gasteiger partial charge is 0.137 e. The number of halogens is 2. The minimum atomic E-state index is 0.553. The van der Waals surface area contributed by atoms with E-state index < -0.39 is 0 Å². The first-order valence-corrected chi connectivity index (χ1v) is 7.71. The van der Waals surface area contributed by atoms with Gasteiger partial charge in [0.25, 0.3) is 0 Å². The first-order chi connectivity index (χ1) is 10.2. The number of methoxy groups -OCH3 is 1. The van der Waals surface area contributed by atoms with Crippen LogP contribution in [0.4, 0.5) is 0 Å². The molecule has 0 saturated heterocycles. The zero-order valence-corrected chi connectivity index (χ0v) is 14.0. The van der Waals surface area contributed by atoms with Crippen LogP contribution in [0.3, 0.4) is 0 Å². The zero-order chi connectivity index (χ0) is 15.1. The van der Waals surface area contributed by atoms with Crippen LogP contribution in [0.25, 0.3) is 0 Å². The predicted molar refractivity (Wildman–Crippen MR) is 87.8 cm³/mol. The van der Waals surface area contributed by atoms with Crippen molar-refractivity contribution in [3.63, 3.8) is 0 Å². The lowest BCUT2D eigenvalue weighted by Gasteiger charge is -2.09. The van der Waals surface area contributed by atoms with E-state index in [0.29, 0.717) is 24.0 Å². The Labute approximate surface area is 137 Å². The summed E-state index contributed by atoms with van der Waals surface area (Å²) < 4.78 is 17.3. The Hall–Kier alpha value is -1.39. The molecule has 2 aromatic rings. The molecule has 0 aliphatic carbocycles. The van der Waals surface area contributed by atoms with Crippen molar-refractivity contribution >= 4 is 27.5 Å². The molecule has 0 aromatic heterocycles. The number of rotatable bonds is 7. The minimum absolute atomic E-state index is 0.553. The molecule has 0 aliphatic rings. The lowest BCUT2D eigenvalue weighted by Crippen LogP contribution is -2.05. The van der Waals surface area contributed by atoms with Gasteiger partial charge in [-0.15, -0.1) is 0 Å². The highest BCUT2D eigenvalue weighted by molar-refractivity contribution is 9.10. The van der Waals surface area contributed by atoms with E-state index in [4.69, 9.17) is 25.8 Å². The second-order valence-corrected chi connectivity index (χ2v) is 5.62. The highest BCUT2D eigenvalue weighted by atomic mass is 79.9. The molecular formula is C16H16BrClO3. The van der Waals surface area contributed by atoms with E-state index in [1.807, 2.05) is 42.5 Å². The van der Waals surface area contributed by atoms with Gasteiger partial charge in [-0.1, -0.05) is 27.5 Å². The molecule has 21 heavy (non-hydrogen) atoms. The quantitative estimate of drug-likeness (QED) is 0.644. The molecule has 0 aliphatic heterocycles. The van der Waals surface area contributed by atoms with E-state index in [-0.39, 0.29) is 0 Å². The number of benzene rings is 2. The summed E-state index contributed by atoms with van der Waals surface area (Å²) >= 11 is 9.43. The predicted octanol–water partition coefficient (Wildman–Crippen LogP) is 4.96. The molecule has 2 aromatic carbocycles. The van der Waals surface area contributed by atoms with Crippen molar-refractivity contribution in [2.75, 3.05) is 20.3 Å². The zero-order valence-electron chi connectivity index (χ0n) is 11.6. The summed E-state index contributed by atoms with van der Waals surface area (Å²) in [6, 6.07) is 13.0. The minimum Gasteiger partial charge on any atom is -0.497 e. The van der Waals surface area contributed by atoms with Crippen molar-refractivity contribution in [3.8, 4) is 17.2 Å². The summed E-state index contributed by atoms with van der Waals surface area (Å²) in [5, 5.41) is 0.598. The summed E-state index contributed by atoms with van der Waals surface area (Å²) in [6.07, 6.45) is 0.776. The Bertz CT molecular complexity index is 572. The molecule has 0 radical (unpaired) electrons. The molecule has 3 nitrogen and oxygen atoms in total. The van der Waals surface area contributed by atoms with Gasteiger partial charge in [0, 0.05) is 10.9 Å². The van der Waals surface area contributed by atoms with Crippen LogP contribution >= 0.6 is 27.5 Å². The molecule has 2 rings (SSSR count). The van der Waals surface area contributed by atoms with Crippen LogP contribution in [0.1, 0.15) is 6.42 Å². The highest BCUT2D eigenvalue weighted by Gasteiger charge is 2.02. The van der Waals surface area contributed by atoms with E-state index in [9.17, 15) is 0 Å². The van der Waals surface area contributed by atoms with Crippen molar-refractivity contribution in [2.45, 2.75) is 6.42 Å². The molecular weight excluding hydrogens is 356 g/mol. The highest BCUT2D eigenvalue weighted by Crippen LogP contribution is 2.27. The number of ether oxygens (including phenoxy) is 3. The molecule has 0 atom stereocenters. The second kappa shape index (κ2) is 8.15. The third-order valence-electron chi connectivity index (χ3n) is 2.77. The topological polar surface area (TPSA) is 27.7 Å². The van der Waals surface area contributed by atoms with Crippen molar-refractivity contribution in [1.82, 2.24) is 0 Å². The Morgan fingerprint density at radius 1 is 0.952 bits per heavy atom. The van der Waals surface area contributed by atoms with Gasteiger partial charge >= 0.3 is 0 Å². The van der Waals surface area contributed by atoms with Gasteiger partial charge in [0.15, 0.2) is 0 Å². The van der Waals surface area contributed by atoms with Gasteiger partial charge in [-0.05, 0) is 42.5 Å². The summed E-state index contributed by atoms with van der Waals surface area (Å²) in [7, 11) is 1.64. The van der Waals surface area contributed by atoms with Crippen molar-refractivity contribution < 1.29 is 14.2 Å². The van der Waals surface area contributed by atoms with Crippen molar-refractivity contribution in [2.24, 2.45) is 0 Å². The van der Waals surface area contributed by atoms with Crippen molar-refractivity contribution in [3.05, 3.63) is 52.0 Å². The van der Waals surface area contributed by atoms with Crippen LogP contribution in [0.5, 0.6) is 17.2 Å². The van der Waals surface area contributed by atoms with E-state index in [1.54, 1.807) is 7.11 Å². The standard InChI is InChI=1S/C16H16BrClO3/c1-19-13-4-6-14(7-5-13)20-9-2-10-21-16-8-3-12(17)11-15(16)18/h3-8,11H,2,9-10H2,1H3. The summed E-state index contributed by atoms with van der Waals surface area (Å²) in [6.45, 7) is 1.14. The van der Waals surface area contributed by atoms with Gasteiger partial charge < -0.3 is 14.2 Å². The Kier molecular flexibility index (Phi) is 6.21. The summed E-state index contributed by atoms with van der Waals surface area (Å²) in [5.74, 6) is 2.32. The molecule has 0 heterocycles. The molecule has 0 N–H and O–H groups in total. The average molecular weight is 372 g/mol. The molecule has 0 unspecified atom stereocenters. The van der Waals surface area contributed by atoms with Gasteiger partial charge in [-0.3, -0.25) is 0 Å².